The summed E-state index contributed by atoms with van der Waals surface area (Å²) < 4.78 is 0. The summed E-state index contributed by atoms with van der Waals surface area (Å²) in [5.41, 5.74) is 6.91. The topological polar surface area (TPSA) is 68.0 Å². The van der Waals surface area contributed by atoms with Gasteiger partial charge in [0.1, 0.15) is 0 Å². The van der Waals surface area contributed by atoms with Crippen LogP contribution in [-0.4, -0.2) is 10.9 Å². The van der Waals surface area contributed by atoms with E-state index in [1.807, 2.05) is 0 Å². The maximum atomic E-state index is 11.9. The first kappa shape index (κ1) is 11.4. The summed E-state index contributed by atoms with van der Waals surface area (Å²) in [6, 6.07) is 8.56. The Morgan fingerprint density at radius 3 is 2.76 bits per heavy atom. The molecule has 0 unspecified atom stereocenters. The van der Waals surface area contributed by atoms with E-state index in [-0.39, 0.29) is 5.91 Å². The number of benzene rings is 1. The monoisotopic (exact) mass is 247 g/mol. The van der Waals surface area contributed by atoms with Crippen LogP contribution in [0.1, 0.15) is 10.4 Å². The fraction of sp³-hybridized carbons (Fsp3) is 0. The second-order valence-corrected chi connectivity index (χ2v) is 3.80. The van der Waals surface area contributed by atoms with Gasteiger partial charge in [-0.1, -0.05) is 23.7 Å². The molecule has 0 aliphatic carbocycles. The number of para-hydroxylation sites is 1. The van der Waals surface area contributed by atoms with Crippen molar-refractivity contribution in [2.75, 3.05) is 11.1 Å². The third kappa shape index (κ3) is 2.54. The molecule has 0 aliphatic rings. The first-order valence-electron chi connectivity index (χ1n) is 4.94. The van der Waals surface area contributed by atoms with Crippen molar-refractivity contribution >= 4 is 28.9 Å². The molecule has 17 heavy (non-hydrogen) atoms. The quantitative estimate of drug-likeness (QED) is 0.857. The van der Waals surface area contributed by atoms with Gasteiger partial charge in [-0.15, -0.1) is 0 Å². The van der Waals surface area contributed by atoms with E-state index in [1.54, 1.807) is 30.3 Å². The molecule has 0 saturated heterocycles. The van der Waals surface area contributed by atoms with Gasteiger partial charge >= 0.3 is 0 Å². The maximum Gasteiger partial charge on any atom is 0.257 e. The van der Waals surface area contributed by atoms with Crippen LogP contribution in [0.2, 0.25) is 5.02 Å². The average molecular weight is 248 g/mol. The Hall–Kier alpha value is -2.07. The van der Waals surface area contributed by atoms with E-state index in [0.29, 0.717) is 22.0 Å². The second-order valence-electron chi connectivity index (χ2n) is 3.40. The van der Waals surface area contributed by atoms with Gasteiger partial charge in [-0.3, -0.25) is 9.78 Å². The Bertz CT molecular complexity index is 557. The van der Waals surface area contributed by atoms with E-state index in [2.05, 4.69) is 10.3 Å². The number of nitrogens with one attached hydrogen (secondary N) is 1. The number of carbonyl (C=O) groups excluding carboxylic acids is 1. The van der Waals surface area contributed by atoms with E-state index in [4.69, 9.17) is 17.3 Å². The average Bonchev–Trinajstić information content (AvgIpc) is 2.32. The highest BCUT2D eigenvalue weighted by molar-refractivity contribution is 6.34. The van der Waals surface area contributed by atoms with Gasteiger partial charge in [0.15, 0.2) is 0 Å². The molecule has 1 heterocycles. The number of anilines is 2. The third-order valence-electron chi connectivity index (χ3n) is 2.22. The largest absolute Gasteiger partial charge is 0.397 e. The lowest BCUT2D eigenvalue weighted by Crippen LogP contribution is -2.14. The molecule has 0 spiro atoms. The lowest BCUT2D eigenvalue weighted by atomic mass is 10.2. The van der Waals surface area contributed by atoms with Gasteiger partial charge in [-0.25, -0.2) is 0 Å². The zero-order chi connectivity index (χ0) is 12.3. The Morgan fingerprint density at radius 1 is 1.29 bits per heavy atom. The van der Waals surface area contributed by atoms with Crippen LogP contribution in [0.5, 0.6) is 0 Å². The van der Waals surface area contributed by atoms with Gasteiger partial charge in [0.05, 0.1) is 28.2 Å². The van der Waals surface area contributed by atoms with Crippen LogP contribution in [0.15, 0.2) is 42.7 Å². The van der Waals surface area contributed by atoms with Crippen molar-refractivity contribution in [3.8, 4) is 0 Å². The van der Waals surface area contributed by atoms with Gasteiger partial charge in [0, 0.05) is 6.20 Å². The molecule has 5 heteroatoms. The summed E-state index contributed by atoms with van der Waals surface area (Å²) in [6.07, 6.45) is 2.94. The minimum Gasteiger partial charge on any atom is -0.397 e. The number of nitrogens with zero attached hydrogens (tertiary/aromatic N) is 1. The number of halogens is 1. The molecule has 0 bridgehead atoms. The Balaban J connectivity index is 2.24. The zero-order valence-corrected chi connectivity index (χ0v) is 9.61. The normalized spacial score (nSPS) is 9.94. The lowest BCUT2D eigenvalue weighted by molar-refractivity contribution is 0.102. The number of nitrogens with two attached hydrogens (primary N) is 1. The Kier molecular flexibility index (Phi) is 3.25. The SMILES string of the molecule is Nc1cnccc1C(=O)Nc1ccccc1Cl. The minimum atomic E-state index is -0.307. The molecular weight excluding hydrogens is 238 g/mol. The molecule has 2 rings (SSSR count). The van der Waals surface area contributed by atoms with Crippen LogP contribution in [0.4, 0.5) is 11.4 Å². The molecule has 1 amide bonds. The third-order valence-corrected chi connectivity index (χ3v) is 2.55. The first-order chi connectivity index (χ1) is 8.18. The predicted molar refractivity (Wildman–Crippen MR) is 68.1 cm³/mol. The molecule has 0 fully saturated rings. The Morgan fingerprint density at radius 2 is 2.06 bits per heavy atom. The van der Waals surface area contributed by atoms with Crippen molar-refractivity contribution in [3.05, 3.63) is 53.3 Å². The number of hydrogen-bond acceptors (Lipinski definition) is 3. The maximum absolute atomic E-state index is 11.9. The molecule has 0 atom stereocenters. The fourth-order valence-corrected chi connectivity index (χ4v) is 1.55. The molecule has 2 aromatic rings. The Labute approximate surface area is 103 Å². The van der Waals surface area contributed by atoms with E-state index in [9.17, 15) is 4.79 Å². The van der Waals surface area contributed by atoms with E-state index < -0.39 is 0 Å². The zero-order valence-electron chi connectivity index (χ0n) is 8.85. The van der Waals surface area contributed by atoms with Crippen LogP contribution in [-0.2, 0) is 0 Å². The van der Waals surface area contributed by atoms with Gasteiger partial charge in [-0.2, -0.15) is 0 Å². The van der Waals surface area contributed by atoms with Crippen LogP contribution in [0.3, 0.4) is 0 Å². The number of aromatic nitrogens is 1. The summed E-state index contributed by atoms with van der Waals surface area (Å²) in [5, 5.41) is 3.17. The predicted octanol–water partition coefficient (Wildman–Crippen LogP) is 2.57. The molecular formula is C12H10ClN3O. The highest BCUT2D eigenvalue weighted by atomic mass is 35.5. The molecule has 0 saturated carbocycles. The van der Waals surface area contributed by atoms with Crippen molar-refractivity contribution in [1.29, 1.82) is 0 Å². The van der Waals surface area contributed by atoms with Crippen molar-refractivity contribution in [1.82, 2.24) is 4.98 Å². The summed E-state index contributed by atoms with van der Waals surface area (Å²) in [6.45, 7) is 0. The van der Waals surface area contributed by atoms with Gasteiger partial charge in [-0.05, 0) is 18.2 Å². The molecule has 1 aromatic heterocycles. The van der Waals surface area contributed by atoms with E-state index in [0.717, 1.165) is 0 Å². The number of nitrogen functional groups attached to an aromatic ring is 1. The minimum absolute atomic E-state index is 0.307. The highest BCUT2D eigenvalue weighted by Gasteiger charge is 2.10. The van der Waals surface area contributed by atoms with Gasteiger partial charge in [0.2, 0.25) is 0 Å². The van der Waals surface area contributed by atoms with Gasteiger partial charge in [0.25, 0.3) is 5.91 Å². The summed E-state index contributed by atoms with van der Waals surface area (Å²) in [7, 11) is 0. The molecule has 4 nitrogen and oxygen atoms in total. The first-order valence-corrected chi connectivity index (χ1v) is 5.31. The summed E-state index contributed by atoms with van der Waals surface area (Å²) in [4.78, 5) is 15.7. The molecule has 3 N–H and O–H groups in total. The fourth-order valence-electron chi connectivity index (χ4n) is 1.37. The second kappa shape index (κ2) is 4.84. The van der Waals surface area contributed by atoms with Crippen LogP contribution in [0.25, 0.3) is 0 Å². The summed E-state index contributed by atoms with van der Waals surface area (Å²) >= 11 is 5.94. The van der Waals surface area contributed by atoms with E-state index in [1.165, 1.54) is 12.4 Å². The molecule has 1 aromatic carbocycles. The van der Waals surface area contributed by atoms with E-state index >= 15 is 0 Å². The highest BCUT2D eigenvalue weighted by Crippen LogP contribution is 2.21. The number of rotatable bonds is 2. The molecule has 0 aliphatic heterocycles. The van der Waals surface area contributed by atoms with Crippen LogP contribution < -0.4 is 11.1 Å². The summed E-state index contributed by atoms with van der Waals surface area (Å²) in [5.74, 6) is -0.307. The lowest BCUT2D eigenvalue weighted by Gasteiger charge is -2.08. The molecule has 86 valence electrons. The van der Waals surface area contributed by atoms with Gasteiger partial charge < -0.3 is 11.1 Å². The number of amides is 1. The van der Waals surface area contributed by atoms with Crippen molar-refractivity contribution in [2.45, 2.75) is 0 Å². The standard InChI is InChI=1S/C12H10ClN3O/c13-9-3-1-2-4-11(9)16-12(17)8-5-6-15-7-10(8)14/h1-7H,14H2,(H,16,17). The van der Waals surface area contributed by atoms with Crippen molar-refractivity contribution < 1.29 is 4.79 Å². The smallest absolute Gasteiger partial charge is 0.257 e. The number of hydrogen-bond donors (Lipinski definition) is 2. The van der Waals surface area contributed by atoms with Crippen LogP contribution in [0, 0.1) is 0 Å². The van der Waals surface area contributed by atoms with Crippen molar-refractivity contribution in [2.24, 2.45) is 0 Å². The number of pyridine rings is 1. The molecule has 0 radical (unpaired) electrons. The number of carbonyl (C=O) groups is 1. The van der Waals surface area contributed by atoms with Crippen molar-refractivity contribution in [3.63, 3.8) is 0 Å². The van der Waals surface area contributed by atoms with Crippen LogP contribution >= 0.6 is 11.6 Å².